The van der Waals surface area contributed by atoms with E-state index < -0.39 is 0 Å². The van der Waals surface area contributed by atoms with Crippen LogP contribution in [0.3, 0.4) is 0 Å². The van der Waals surface area contributed by atoms with Crippen molar-refractivity contribution in [2.24, 2.45) is 5.73 Å². The molecule has 0 aliphatic carbocycles. The van der Waals surface area contributed by atoms with Gasteiger partial charge in [0, 0.05) is 12.7 Å². The molecule has 1 heterocycles. The van der Waals surface area contributed by atoms with Gasteiger partial charge in [-0.3, -0.25) is 4.68 Å². The molecule has 0 saturated heterocycles. The van der Waals surface area contributed by atoms with Gasteiger partial charge in [-0.2, -0.15) is 5.10 Å². The van der Waals surface area contributed by atoms with Gasteiger partial charge < -0.3 is 5.73 Å². The number of rotatable bonds is 3. The highest BCUT2D eigenvalue weighted by Crippen LogP contribution is 2.10. The van der Waals surface area contributed by atoms with Crippen LogP contribution in [0, 0.1) is 3.57 Å². The SMILES string of the molecule is NCc1ccccc1Cn1cc(I)cn1. The molecular weight excluding hydrogens is 301 g/mol. The van der Waals surface area contributed by atoms with Crippen molar-refractivity contribution in [3.8, 4) is 0 Å². The second-order valence-electron chi connectivity index (χ2n) is 3.33. The summed E-state index contributed by atoms with van der Waals surface area (Å²) in [5.74, 6) is 0. The third-order valence-electron chi connectivity index (χ3n) is 2.27. The van der Waals surface area contributed by atoms with E-state index >= 15 is 0 Å². The number of aromatic nitrogens is 2. The lowest BCUT2D eigenvalue weighted by Gasteiger charge is -2.07. The van der Waals surface area contributed by atoms with E-state index in [1.54, 1.807) is 0 Å². The molecule has 1 aromatic heterocycles. The van der Waals surface area contributed by atoms with E-state index in [0.29, 0.717) is 6.54 Å². The molecule has 0 fully saturated rings. The fourth-order valence-electron chi connectivity index (χ4n) is 1.51. The van der Waals surface area contributed by atoms with Gasteiger partial charge in [0.2, 0.25) is 0 Å². The minimum atomic E-state index is 0.578. The summed E-state index contributed by atoms with van der Waals surface area (Å²) in [5, 5.41) is 4.25. The molecule has 4 heteroatoms. The first kappa shape index (κ1) is 10.6. The van der Waals surface area contributed by atoms with E-state index in [9.17, 15) is 0 Å². The van der Waals surface area contributed by atoms with Crippen molar-refractivity contribution in [1.29, 1.82) is 0 Å². The molecule has 15 heavy (non-hydrogen) atoms. The second kappa shape index (κ2) is 4.76. The Balaban J connectivity index is 2.23. The third-order valence-corrected chi connectivity index (χ3v) is 2.83. The smallest absolute Gasteiger partial charge is 0.0662 e. The average Bonchev–Trinajstić information content (AvgIpc) is 2.65. The van der Waals surface area contributed by atoms with Gasteiger partial charge in [-0.25, -0.2) is 0 Å². The minimum absolute atomic E-state index is 0.578. The first-order chi connectivity index (χ1) is 7.29. The van der Waals surface area contributed by atoms with Crippen LogP contribution in [0.1, 0.15) is 11.1 Å². The molecular formula is C11H12IN3. The highest BCUT2D eigenvalue weighted by molar-refractivity contribution is 14.1. The molecule has 1 aromatic carbocycles. The highest BCUT2D eigenvalue weighted by Gasteiger charge is 2.01. The maximum atomic E-state index is 5.68. The number of halogens is 1. The number of hydrogen-bond donors (Lipinski definition) is 1. The monoisotopic (exact) mass is 313 g/mol. The summed E-state index contributed by atoms with van der Waals surface area (Å²) in [5.41, 5.74) is 8.10. The molecule has 2 rings (SSSR count). The summed E-state index contributed by atoms with van der Waals surface area (Å²) < 4.78 is 3.08. The van der Waals surface area contributed by atoms with Gasteiger partial charge in [0.15, 0.2) is 0 Å². The zero-order valence-corrected chi connectivity index (χ0v) is 10.4. The van der Waals surface area contributed by atoms with Crippen molar-refractivity contribution in [3.63, 3.8) is 0 Å². The van der Waals surface area contributed by atoms with Crippen LogP contribution in [0.25, 0.3) is 0 Å². The van der Waals surface area contributed by atoms with E-state index in [0.717, 1.165) is 10.1 Å². The Labute approximate surface area is 102 Å². The summed E-state index contributed by atoms with van der Waals surface area (Å²) >= 11 is 2.25. The summed E-state index contributed by atoms with van der Waals surface area (Å²) in [6.45, 7) is 1.37. The second-order valence-corrected chi connectivity index (χ2v) is 4.57. The zero-order valence-electron chi connectivity index (χ0n) is 8.23. The summed E-state index contributed by atoms with van der Waals surface area (Å²) in [4.78, 5) is 0. The maximum absolute atomic E-state index is 5.68. The Hall–Kier alpha value is -0.880. The summed E-state index contributed by atoms with van der Waals surface area (Å²) in [6.07, 6.45) is 3.87. The standard InChI is InChI=1S/C11H12IN3/c12-11-6-14-15(8-11)7-10-4-2-1-3-9(10)5-13/h1-4,6,8H,5,7,13H2. The van der Waals surface area contributed by atoms with Gasteiger partial charge in [-0.1, -0.05) is 24.3 Å². The normalized spacial score (nSPS) is 10.5. The molecule has 0 radical (unpaired) electrons. The lowest BCUT2D eigenvalue weighted by Crippen LogP contribution is -2.06. The average molecular weight is 313 g/mol. The minimum Gasteiger partial charge on any atom is -0.326 e. The van der Waals surface area contributed by atoms with E-state index in [1.165, 1.54) is 11.1 Å². The number of benzene rings is 1. The molecule has 0 aliphatic rings. The molecule has 0 bridgehead atoms. The van der Waals surface area contributed by atoms with Crippen molar-refractivity contribution in [2.75, 3.05) is 0 Å². The predicted octanol–water partition coefficient (Wildman–Crippen LogP) is 1.99. The van der Waals surface area contributed by atoms with Gasteiger partial charge in [0.25, 0.3) is 0 Å². The van der Waals surface area contributed by atoms with Crippen molar-refractivity contribution in [3.05, 3.63) is 51.4 Å². The van der Waals surface area contributed by atoms with Crippen LogP contribution < -0.4 is 5.73 Å². The fraction of sp³-hybridized carbons (Fsp3) is 0.182. The molecule has 0 spiro atoms. The lowest BCUT2D eigenvalue weighted by atomic mass is 10.1. The molecule has 0 saturated carbocycles. The van der Waals surface area contributed by atoms with Crippen LogP contribution in [-0.4, -0.2) is 9.78 Å². The topological polar surface area (TPSA) is 43.8 Å². The largest absolute Gasteiger partial charge is 0.326 e. The third kappa shape index (κ3) is 2.57. The summed E-state index contributed by atoms with van der Waals surface area (Å²) in [6, 6.07) is 8.20. The van der Waals surface area contributed by atoms with Crippen LogP contribution in [0.15, 0.2) is 36.7 Å². The van der Waals surface area contributed by atoms with Crippen molar-refractivity contribution < 1.29 is 0 Å². The van der Waals surface area contributed by atoms with Crippen LogP contribution in [0.5, 0.6) is 0 Å². The van der Waals surface area contributed by atoms with Crippen molar-refractivity contribution >= 4 is 22.6 Å². The van der Waals surface area contributed by atoms with E-state index in [4.69, 9.17) is 5.73 Å². The lowest BCUT2D eigenvalue weighted by molar-refractivity contribution is 0.681. The van der Waals surface area contributed by atoms with Crippen LogP contribution in [0.2, 0.25) is 0 Å². The first-order valence-electron chi connectivity index (χ1n) is 4.74. The van der Waals surface area contributed by atoms with Gasteiger partial charge in [0.05, 0.1) is 16.3 Å². The predicted molar refractivity (Wildman–Crippen MR) is 68.4 cm³/mol. The Morgan fingerprint density at radius 3 is 2.60 bits per heavy atom. The maximum Gasteiger partial charge on any atom is 0.0662 e. The Kier molecular flexibility index (Phi) is 3.37. The fourth-order valence-corrected chi connectivity index (χ4v) is 1.96. The zero-order chi connectivity index (χ0) is 10.7. The van der Waals surface area contributed by atoms with Crippen molar-refractivity contribution in [1.82, 2.24) is 9.78 Å². The first-order valence-corrected chi connectivity index (χ1v) is 5.82. The number of nitrogens with zero attached hydrogens (tertiary/aromatic N) is 2. The Morgan fingerprint density at radius 2 is 2.00 bits per heavy atom. The molecule has 3 nitrogen and oxygen atoms in total. The van der Waals surface area contributed by atoms with Crippen LogP contribution >= 0.6 is 22.6 Å². The molecule has 78 valence electrons. The Bertz CT molecular complexity index is 451. The van der Waals surface area contributed by atoms with E-state index in [-0.39, 0.29) is 0 Å². The molecule has 0 unspecified atom stereocenters. The Morgan fingerprint density at radius 1 is 1.27 bits per heavy atom. The van der Waals surface area contributed by atoms with Crippen LogP contribution in [0.4, 0.5) is 0 Å². The number of hydrogen-bond acceptors (Lipinski definition) is 2. The van der Waals surface area contributed by atoms with Gasteiger partial charge in [-0.05, 0) is 33.7 Å². The molecule has 2 aromatic rings. The molecule has 0 amide bonds. The van der Waals surface area contributed by atoms with Crippen molar-refractivity contribution in [2.45, 2.75) is 13.1 Å². The highest BCUT2D eigenvalue weighted by atomic mass is 127. The number of nitrogens with two attached hydrogens (primary N) is 1. The van der Waals surface area contributed by atoms with Gasteiger partial charge in [0.1, 0.15) is 0 Å². The van der Waals surface area contributed by atoms with E-state index in [2.05, 4.69) is 39.8 Å². The van der Waals surface area contributed by atoms with Gasteiger partial charge >= 0.3 is 0 Å². The molecule has 0 aliphatic heterocycles. The molecule has 0 atom stereocenters. The van der Waals surface area contributed by atoms with Crippen LogP contribution in [-0.2, 0) is 13.1 Å². The van der Waals surface area contributed by atoms with Gasteiger partial charge in [-0.15, -0.1) is 0 Å². The summed E-state index contributed by atoms with van der Waals surface area (Å²) in [7, 11) is 0. The quantitative estimate of drug-likeness (QED) is 0.881. The van der Waals surface area contributed by atoms with E-state index in [1.807, 2.05) is 29.2 Å². The molecule has 2 N–H and O–H groups in total.